The third-order valence-electron chi connectivity index (χ3n) is 3.94. The topological polar surface area (TPSA) is 26.3 Å². The summed E-state index contributed by atoms with van der Waals surface area (Å²) < 4.78 is 5.75. The van der Waals surface area contributed by atoms with Gasteiger partial charge in [0.05, 0.1) is 0 Å². The van der Waals surface area contributed by atoms with Crippen molar-refractivity contribution in [3.8, 4) is 11.5 Å². The summed E-state index contributed by atoms with van der Waals surface area (Å²) in [6, 6.07) is 22.7. The minimum atomic E-state index is 0.0393. The van der Waals surface area contributed by atoms with Gasteiger partial charge < -0.3 is 4.74 Å². The Hall–Kier alpha value is -2.87. The number of hydrogen-bond donors (Lipinski definition) is 0. The molecule has 0 fully saturated rings. The molecule has 0 unspecified atom stereocenters. The lowest BCUT2D eigenvalue weighted by molar-refractivity contribution is 0.103. The maximum Gasteiger partial charge on any atom is 0.193 e. The van der Waals surface area contributed by atoms with Crippen LogP contribution >= 0.6 is 0 Å². The molecule has 3 aromatic carbocycles. The lowest BCUT2D eigenvalue weighted by atomic mass is 9.96. The monoisotopic (exact) mass is 302 g/mol. The van der Waals surface area contributed by atoms with E-state index in [1.807, 2.05) is 86.6 Å². The number of rotatable bonds is 4. The van der Waals surface area contributed by atoms with Crippen LogP contribution in [0.15, 0.2) is 72.8 Å². The second-order valence-corrected chi connectivity index (χ2v) is 5.52. The van der Waals surface area contributed by atoms with Crippen LogP contribution < -0.4 is 4.74 Å². The maximum absolute atomic E-state index is 12.6. The van der Waals surface area contributed by atoms with Gasteiger partial charge in [-0.1, -0.05) is 36.4 Å². The van der Waals surface area contributed by atoms with Gasteiger partial charge in [0.15, 0.2) is 5.78 Å². The van der Waals surface area contributed by atoms with Crippen molar-refractivity contribution in [3.05, 3.63) is 95.1 Å². The number of para-hydroxylation sites is 1. The zero-order valence-corrected chi connectivity index (χ0v) is 13.2. The van der Waals surface area contributed by atoms with Gasteiger partial charge in [0.25, 0.3) is 0 Å². The van der Waals surface area contributed by atoms with E-state index in [0.717, 1.165) is 22.4 Å². The number of carbonyl (C=O) groups is 1. The summed E-state index contributed by atoms with van der Waals surface area (Å²) in [6.45, 7) is 4.00. The van der Waals surface area contributed by atoms with Crippen molar-refractivity contribution in [2.45, 2.75) is 13.8 Å². The number of aryl methyl sites for hydroxylation is 1. The number of hydrogen-bond acceptors (Lipinski definition) is 2. The van der Waals surface area contributed by atoms with Gasteiger partial charge in [0.2, 0.25) is 0 Å². The molecule has 0 saturated heterocycles. The SMILES string of the molecule is Cc1cccc(C(=O)c2ccc(Oc3ccccc3)cc2)c1C. The molecule has 0 atom stereocenters. The predicted octanol–water partition coefficient (Wildman–Crippen LogP) is 5.33. The van der Waals surface area contributed by atoms with E-state index in [1.165, 1.54) is 0 Å². The Morgan fingerprint density at radius 1 is 0.739 bits per heavy atom. The van der Waals surface area contributed by atoms with Crippen LogP contribution in [0.25, 0.3) is 0 Å². The Balaban J connectivity index is 1.82. The highest BCUT2D eigenvalue weighted by Gasteiger charge is 2.12. The Morgan fingerprint density at radius 2 is 1.39 bits per heavy atom. The summed E-state index contributed by atoms with van der Waals surface area (Å²) in [4.78, 5) is 12.6. The van der Waals surface area contributed by atoms with E-state index < -0.39 is 0 Å². The molecule has 2 nitrogen and oxygen atoms in total. The molecule has 0 radical (unpaired) electrons. The van der Waals surface area contributed by atoms with E-state index in [9.17, 15) is 4.79 Å². The van der Waals surface area contributed by atoms with E-state index >= 15 is 0 Å². The van der Waals surface area contributed by atoms with E-state index in [4.69, 9.17) is 4.74 Å². The Morgan fingerprint density at radius 3 is 2.09 bits per heavy atom. The highest BCUT2D eigenvalue weighted by molar-refractivity contribution is 6.10. The molecule has 2 heteroatoms. The Bertz CT molecular complexity index is 818. The summed E-state index contributed by atoms with van der Waals surface area (Å²) in [5.74, 6) is 1.53. The fourth-order valence-corrected chi connectivity index (χ4v) is 2.45. The van der Waals surface area contributed by atoms with E-state index in [-0.39, 0.29) is 5.78 Å². The van der Waals surface area contributed by atoms with Crippen molar-refractivity contribution in [2.24, 2.45) is 0 Å². The highest BCUT2D eigenvalue weighted by Crippen LogP contribution is 2.23. The van der Waals surface area contributed by atoms with Gasteiger partial charge in [0.1, 0.15) is 11.5 Å². The quantitative estimate of drug-likeness (QED) is 0.609. The molecule has 0 saturated carbocycles. The van der Waals surface area contributed by atoms with Crippen molar-refractivity contribution in [1.29, 1.82) is 0 Å². The van der Waals surface area contributed by atoms with E-state index in [2.05, 4.69) is 0 Å². The van der Waals surface area contributed by atoms with Crippen LogP contribution in [0.2, 0.25) is 0 Å². The molecule has 0 aliphatic rings. The summed E-state index contributed by atoms with van der Waals surface area (Å²) in [5, 5.41) is 0. The molecule has 0 amide bonds. The van der Waals surface area contributed by atoms with Crippen molar-refractivity contribution in [1.82, 2.24) is 0 Å². The Labute approximate surface area is 136 Å². The molecule has 3 aromatic rings. The van der Waals surface area contributed by atoms with Gasteiger partial charge in [0, 0.05) is 11.1 Å². The predicted molar refractivity (Wildman–Crippen MR) is 92.3 cm³/mol. The third-order valence-corrected chi connectivity index (χ3v) is 3.94. The minimum Gasteiger partial charge on any atom is -0.457 e. The first kappa shape index (κ1) is 15.0. The summed E-state index contributed by atoms with van der Waals surface area (Å²) in [5.41, 5.74) is 3.57. The summed E-state index contributed by atoms with van der Waals surface area (Å²) in [6.07, 6.45) is 0. The molecule has 114 valence electrons. The van der Waals surface area contributed by atoms with Gasteiger partial charge in [-0.15, -0.1) is 0 Å². The third kappa shape index (κ3) is 3.32. The van der Waals surface area contributed by atoms with Crippen LogP contribution in [0, 0.1) is 13.8 Å². The first-order valence-electron chi connectivity index (χ1n) is 7.59. The van der Waals surface area contributed by atoms with Gasteiger partial charge in [-0.2, -0.15) is 0 Å². The fraction of sp³-hybridized carbons (Fsp3) is 0.0952. The largest absolute Gasteiger partial charge is 0.457 e. The molecule has 3 rings (SSSR count). The fourth-order valence-electron chi connectivity index (χ4n) is 2.45. The highest BCUT2D eigenvalue weighted by atomic mass is 16.5. The van der Waals surface area contributed by atoms with Crippen molar-refractivity contribution in [2.75, 3.05) is 0 Å². The summed E-state index contributed by atoms with van der Waals surface area (Å²) >= 11 is 0. The van der Waals surface area contributed by atoms with Crippen molar-refractivity contribution < 1.29 is 9.53 Å². The molecular weight excluding hydrogens is 284 g/mol. The Kier molecular flexibility index (Phi) is 4.24. The van der Waals surface area contributed by atoms with Crippen LogP contribution in [0.1, 0.15) is 27.0 Å². The molecular formula is C21H18O2. The molecule has 0 aliphatic heterocycles. The minimum absolute atomic E-state index is 0.0393. The first-order valence-corrected chi connectivity index (χ1v) is 7.59. The van der Waals surface area contributed by atoms with Gasteiger partial charge in [-0.3, -0.25) is 4.79 Å². The zero-order chi connectivity index (χ0) is 16.2. The molecule has 0 heterocycles. The van der Waals surface area contributed by atoms with E-state index in [1.54, 1.807) is 0 Å². The second-order valence-electron chi connectivity index (χ2n) is 5.52. The van der Waals surface area contributed by atoms with Gasteiger partial charge >= 0.3 is 0 Å². The molecule has 0 aliphatic carbocycles. The molecule has 0 spiro atoms. The van der Waals surface area contributed by atoms with Crippen LogP contribution in [-0.2, 0) is 0 Å². The van der Waals surface area contributed by atoms with Crippen LogP contribution in [0.5, 0.6) is 11.5 Å². The lowest BCUT2D eigenvalue weighted by Gasteiger charge is -2.09. The molecule has 0 aromatic heterocycles. The maximum atomic E-state index is 12.6. The van der Waals surface area contributed by atoms with Crippen LogP contribution in [0.3, 0.4) is 0 Å². The van der Waals surface area contributed by atoms with Crippen molar-refractivity contribution >= 4 is 5.78 Å². The number of benzene rings is 3. The van der Waals surface area contributed by atoms with Gasteiger partial charge in [-0.25, -0.2) is 0 Å². The normalized spacial score (nSPS) is 10.3. The average Bonchev–Trinajstić information content (AvgIpc) is 2.58. The average molecular weight is 302 g/mol. The molecule has 23 heavy (non-hydrogen) atoms. The lowest BCUT2D eigenvalue weighted by Crippen LogP contribution is -2.04. The number of ether oxygens (including phenoxy) is 1. The van der Waals surface area contributed by atoms with Crippen molar-refractivity contribution in [3.63, 3.8) is 0 Å². The van der Waals surface area contributed by atoms with Crippen LogP contribution in [-0.4, -0.2) is 5.78 Å². The standard InChI is InChI=1S/C21H18O2/c1-15-7-6-10-20(16(15)2)21(22)17-11-13-19(14-12-17)23-18-8-4-3-5-9-18/h3-14H,1-2H3. The molecule has 0 N–H and O–H groups in total. The molecule has 0 bridgehead atoms. The van der Waals surface area contributed by atoms with Gasteiger partial charge in [-0.05, 0) is 61.4 Å². The van der Waals surface area contributed by atoms with Crippen LogP contribution in [0.4, 0.5) is 0 Å². The smallest absolute Gasteiger partial charge is 0.193 e. The summed E-state index contributed by atoms with van der Waals surface area (Å²) in [7, 11) is 0. The number of ketones is 1. The number of carbonyl (C=O) groups excluding carboxylic acids is 1. The second kappa shape index (κ2) is 6.49. The van der Waals surface area contributed by atoms with E-state index in [0.29, 0.717) is 11.3 Å². The first-order chi connectivity index (χ1) is 11.1. The zero-order valence-electron chi connectivity index (χ0n) is 13.2.